The van der Waals surface area contributed by atoms with Crippen molar-refractivity contribution in [2.24, 2.45) is 0 Å². The fourth-order valence-corrected chi connectivity index (χ4v) is 5.89. The van der Waals surface area contributed by atoms with E-state index in [0.717, 1.165) is 31.4 Å². The smallest absolute Gasteiger partial charge is 0.255 e. The molecule has 4 rings (SSSR count). The van der Waals surface area contributed by atoms with Gasteiger partial charge >= 0.3 is 0 Å². The number of anilines is 1. The molecule has 0 unspecified atom stereocenters. The van der Waals surface area contributed by atoms with Gasteiger partial charge in [-0.15, -0.1) is 0 Å². The standard InChI is InChI=1S/C24H30N2O5S/c1-2-30-22-14-11-19(17-23(22)32(28,29)26-15-5-6-16-26)25-24(27)18-9-12-21(13-10-18)31-20-7-3-4-8-20/h9-14,17,20H,2-8,15-16H2,1H3,(H,25,27). The van der Waals surface area contributed by atoms with Crippen molar-refractivity contribution in [1.82, 2.24) is 4.31 Å². The molecule has 1 saturated carbocycles. The number of hydrogen-bond donors (Lipinski definition) is 1. The summed E-state index contributed by atoms with van der Waals surface area (Å²) >= 11 is 0. The van der Waals surface area contributed by atoms with Crippen LogP contribution in [0.2, 0.25) is 0 Å². The second kappa shape index (κ2) is 9.92. The Morgan fingerprint density at radius 1 is 1.03 bits per heavy atom. The number of benzene rings is 2. The van der Waals surface area contributed by atoms with Crippen LogP contribution in [-0.4, -0.2) is 44.4 Å². The molecular weight excluding hydrogens is 428 g/mol. The van der Waals surface area contributed by atoms with Crippen LogP contribution in [-0.2, 0) is 10.0 Å². The Hall–Kier alpha value is -2.58. The lowest BCUT2D eigenvalue weighted by atomic mass is 10.2. The largest absolute Gasteiger partial charge is 0.492 e. The number of carbonyl (C=O) groups is 1. The molecule has 1 N–H and O–H groups in total. The molecule has 2 aromatic carbocycles. The van der Waals surface area contributed by atoms with Crippen molar-refractivity contribution in [3.05, 3.63) is 48.0 Å². The van der Waals surface area contributed by atoms with Crippen LogP contribution in [0.3, 0.4) is 0 Å². The van der Waals surface area contributed by atoms with Crippen molar-refractivity contribution in [2.75, 3.05) is 25.0 Å². The molecule has 2 aromatic rings. The Kier molecular flexibility index (Phi) is 7.01. The Balaban J connectivity index is 1.50. The van der Waals surface area contributed by atoms with Gasteiger partial charge in [0.25, 0.3) is 5.91 Å². The second-order valence-corrected chi connectivity index (χ2v) is 10.1. The predicted octanol–water partition coefficient (Wildman–Crippen LogP) is 4.44. The quantitative estimate of drug-likeness (QED) is 0.632. The van der Waals surface area contributed by atoms with E-state index < -0.39 is 10.0 Å². The fourth-order valence-electron chi connectivity index (χ4n) is 4.22. The maximum absolute atomic E-state index is 13.1. The van der Waals surface area contributed by atoms with E-state index in [4.69, 9.17) is 9.47 Å². The maximum atomic E-state index is 13.1. The number of rotatable bonds is 8. The number of amides is 1. The maximum Gasteiger partial charge on any atom is 0.255 e. The molecule has 0 spiro atoms. The lowest BCUT2D eigenvalue weighted by molar-refractivity contribution is 0.102. The van der Waals surface area contributed by atoms with Crippen LogP contribution < -0.4 is 14.8 Å². The minimum Gasteiger partial charge on any atom is -0.492 e. The molecule has 7 nitrogen and oxygen atoms in total. The molecule has 2 fully saturated rings. The van der Waals surface area contributed by atoms with Gasteiger partial charge in [-0.05, 0) is 87.9 Å². The van der Waals surface area contributed by atoms with Crippen molar-refractivity contribution in [2.45, 2.75) is 56.4 Å². The third-order valence-corrected chi connectivity index (χ3v) is 7.83. The van der Waals surface area contributed by atoms with Gasteiger partial charge < -0.3 is 14.8 Å². The van der Waals surface area contributed by atoms with Crippen molar-refractivity contribution >= 4 is 21.6 Å². The molecule has 1 heterocycles. The third kappa shape index (κ3) is 5.07. The van der Waals surface area contributed by atoms with E-state index in [1.54, 1.807) is 36.4 Å². The monoisotopic (exact) mass is 458 g/mol. The highest BCUT2D eigenvalue weighted by molar-refractivity contribution is 7.89. The van der Waals surface area contributed by atoms with Gasteiger partial charge in [0.05, 0.1) is 12.7 Å². The topological polar surface area (TPSA) is 84.9 Å². The molecule has 32 heavy (non-hydrogen) atoms. The number of hydrogen-bond acceptors (Lipinski definition) is 5. The summed E-state index contributed by atoms with van der Waals surface area (Å²) in [5.74, 6) is 0.741. The number of nitrogens with zero attached hydrogens (tertiary/aromatic N) is 1. The zero-order chi connectivity index (χ0) is 22.6. The number of ether oxygens (including phenoxy) is 2. The Labute approximate surface area is 189 Å². The summed E-state index contributed by atoms with van der Waals surface area (Å²) in [5.41, 5.74) is 0.879. The first-order chi connectivity index (χ1) is 15.5. The number of carbonyl (C=O) groups excluding carboxylic acids is 1. The van der Waals surface area contributed by atoms with E-state index in [2.05, 4.69) is 5.32 Å². The highest BCUT2D eigenvalue weighted by atomic mass is 32.2. The third-order valence-electron chi connectivity index (χ3n) is 5.91. The summed E-state index contributed by atoms with van der Waals surface area (Å²) in [7, 11) is -3.69. The van der Waals surface area contributed by atoms with Gasteiger partial charge in [0, 0.05) is 24.3 Å². The highest BCUT2D eigenvalue weighted by Gasteiger charge is 2.30. The molecule has 1 amide bonds. The molecule has 172 valence electrons. The lowest BCUT2D eigenvalue weighted by Crippen LogP contribution is -2.28. The SMILES string of the molecule is CCOc1ccc(NC(=O)c2ccc(OC3CCCC3)cc2)cc1S(=O)(=O)N1CCCC1. The van der Waals surface area contributed by atoms with E-state index in [0.29, 0.717) is 36.7 Å². The van der Waals surface area contributed by atoms with Gasteiger partial charge in [-0.2, -0.15) is 4.31 Å². The van der Waals surface area contributed by atoms with Gasteiger partial charge in [-0.3, -0.25) is 4.79 Å². The normalized spacial score (nSPS) is 17.4. The van der Waals surface area contributed by atoms with Crippen LogP contribution >= 0.6 is 0 Å². The molecule has 2 aliphatic rings. The molecule has 8 heteroatoms. The number of sulfonamides is 1. The van der Waals surface area contributed by atoms with Crippen molar-refractivity contribution in [3.63, 3.8) is 0 Å². The van der Waals surface area contributed by atoms with Gasteiger partial charge in [-0.1, -0.05) is 0 Å². The first-order valence-corrected chi connectivity index (χ1v) is 12.8. The Bertz CT molecular complexity index is 1040. The summed E-state index contributed by atoms with van der Waals surface area (Å²) in [6.45, 7) is 3.16. The second-order valence-electron chi connectivity index (χ2n) is 8.21. The summed E-state index contributed by atoms with van der Waals surface area (Å²) in [6.07, 6.45) is 6.49. The molecule has 0 radical (unpaired) electrons. The summed E-state index contributed by atoms with van der Waals surface area (Å²) in [5, 5.41) is 2.80. The minimum atomic E-state index is -3.69. The summed E-state index contributed by atoms with van der Waals surface area (Å²) in [6, 6.07) is 11.8. The Morgan fingerprint density at radius 3 is 2.38 bits per heavy atom. The highest BCUT2D eigenvalue weighted by Crippen LogP contribution is 2.32. The molecule has 1 saturated heterocycles. The van der Waals surface area contributed by atoms with Gasteiger partial charge in [0.15, 0.2) is 0 Å². The van der Waals surface area contributed by atoms with Crippen LogP contribution in [0.25, 0.3) is 0 Å². The molecule has 1 aliphatic heterocycles. The van der Waals surface area contributed by atoms with Crippen LogP contribution in [0, 0.1) is 0 Å². The van der Waals surface area contributed by atoms with E-state index in [1.165, 1.54) is 23.2 Å². The molecular formula is C24H30N2O5S. The fraction of sp³-hybridized carbons (Fsp3) is 0.458. The van der Waals surface area contributed by atoms with Crippen molar-refractivity contribution in [1.29, 1.82) is 0 Å². The van der Waals surface area contributed by atoms with Gasteiger partial charge in [0.2, 0.25) is 10.0 Å². The van der Waals surface area contributed by atoms with Crippen LogP contribution in [0.5, 0.6) is 11.5 Å². The van der Waals surface area contributed by atoms with Crippen LogP contribution in [0.4, 0.5) is 5.69 Å². The van der Waals surface area contributed by atoms with E-state index >= 15 is 0 Å². The Morgan fingerprint density at radius 2 is 1.72 bits per heavy atom. The average molecular weight is 459 g/mol. The van der Waals surface area contributed by atoms with E-state index in [9.17, 15) is 13.2 Å². The van der Waals surface area contributed by atoms with Crippen molar-refractivity contribution in [3.8, 4) is 11.5 Å². The summed E-state index contributed by atoms with van der Waals surface area (Å²) < 4.78 is 39.3. The van der Waals surface area contributed by atoms with Gasteiger partial charge in [0.1, 0.15) is 16.4 Å². The summed E-state index contributed by atoms with van der Waals surface area (Å²) in [4.78, 5) is 12.8. The van der Waals surface area contributed by atoms with E-state index in [-0.39, 0.29) is 16.9 Å². The first-order valence-electron chi connectivity index (χ1n) is 11.3. The predicted molar refractivity (Wildman–Crippen MR) is 123 cm³/mol. The zero-order valence-electron chi connectivity index (χ0n) is 18.4. The lowest BCUT2D eigenvalue weighted by Gasteiger charge is -2.19. The molecule has 0 aromatic heterocycles. The van der Waals surface area contributed by atoms with Crippen molar-refractivity contribution < 1.29 is 22.7 Å². The van der Waals surface area contributed by atoms with E-state index in [1.807, 2.05) is 6.92 Å². The zero-order valence-corrected chi connectivity index (χ0v) is 19.2. The molecule has 1 aliphatic carbocycles. The molecule has 0 bridgehead atoms. The number of nitrogens with one attached hydrogen (secondary N) is 1. The molecule has 0 atom stereocenters. The first kappa shape index (κ1) is 22.6. The minimum absolute atomic E-state index is 0.0827. The van der Waals surface area contributed by atoms with Gasteiger partial charge in [-0.25, -0.2) is 8.42 Å². The average Bonchev–Trinajstić information content (AvgIpc) is 3.50. The van der Waals surface area contributed by atoms with Crippen LogP contribution in [0.1, 0.15) is 55.8 Å². The van der Waals surface area contributed by atoms with Crippen LogP contribution in [0.15, 0.2) is 47.4 Å².